The zero-order valence-electron chi connectivity index (χ0n) is 7.42. The minimum Gasteiger partial charge on any atom is -0.323 e. The van der Waals surface area contributed by atoms with Crippen LogP contribution in [0, 0.1) is 18.3 Å². The van der Waals surface area contributed by atoms with Crippen LogP contribution in [0.5, 0.6) is 0 Å². The number of hydrogen-bond donors (Lipinski definition) is 1. The van der Waals surface area contributed by atoms with Gasteiger partial charge in [-0.05, 0) is 24.1 Å². The van der Waals surface area contributed by atoms with E-state index in [1.165, 1.54) is 5.56 Å². The van der Waals surface area contributed by atoms with Gasteiger partial charge in [0.05, 0.1) is 12.5 Å². The number of benzene rings is 1. The van der Waals surface area contributed by atoms with Crippen molar-refractivity contribution in [1.29, 1.82) is 5.26 Å². The van der Waals surface area contributed by atoms with Crippen LogP contribution in [0.2, 0.25) is 0 Å². The van der Waals surface area contributed by atoms with Crippen molar-refractivity contribution in [2.75, 3.05) is 0 Å². The van der Waals surface area contributed by atoms with E-state index < -0.39 is 0 Å². The van der Waals surface area contributed by atoms with E-state index in [2.05, 4.69) is 22.0 Å². The van der Waals surface area contributed by atoms with E-state index in [0.29, 0.717) is 6.42 Å². The van der Waals surface area contributed by atoms with Crippen LogP contribution in [-0.2, 0) is 0 Å². The van der Waals surface area contributed by atoms with Gasteiger partial charge in [0.15, 0.2) is 0 Å². The molecule has 0 aliphatic heterocycles. The fourth-order valence-corrected chi connectivity index (χ4v) is 1.45. The highest BCUT2D eigenvalue weighted by Gasteiger charge is 2.06. The summed E-state index contributed by atoms with van der Waals surface area (Å²) < 4.78 is 1.04. The summed E-state index contributed by atoms with van der Waals surface area (Å²) >= 11 is 3.43. The minimum absolute atomic E-state index is 0.179. The maximum atomic E-state index is 8.48. The molecule has 1 atom stereocenters. The number of nitrogens with two attached hydrogens (primary N) is 1. The van der Waals surface area contributed by atoms with E-state index in [-0.39, 0.29) is 6.04 Å². The maximum absolute atomic E-state index is 8.48. The van der Waals surface area contributed by atoms with E-state index in [1.807, 2.05) is 25.1 Å². The topological polar surface area (TPSA) is 49.8 Å². The van der Waals surface area contributed by atoms with Gasteiger partial charge in [0.25, 0.3) is 0 Å². The van der Waals surface area contributed by atoms with Gasteiger partial charge in [-0.25, -0.2) is 0 Å². The highest BCUT2D eigenvalue weighted by molar-refractivity contribution is 9.10. The molecule has 3 heteroatoms. The second kappa shape index (κ2) is 4.40. The van der Waals surface area contributed by atoms with E-state index >= 15 is 0 Å². The summed E-state index contributed by atoms with van der Waals surface area (Å²) in [5.74, 6) is 0. The van der Waals surface area contributed by atoms with Crippen molar-refractivity contribution in [3.05, 3.63) is 33.8 Å². The summed E-state index contributed by atoms with van der Waals surface area (Å²) in [5, 5.41) is 8.48. The maximum Gasteiger partial charge on any atom is 0.0641 e. The lowest BCUT2D eigenvalue weighted by Crippen LogP contribution is -2.09. The van der Waals surface area contributed by atoms with E-state index in [1.54, 1.807) is 0 Å². The van der Waals surface area contributed by atoms with Gasteiger partial charge in [0, 0.05) is 10.5 Å². The average molecular weight is 239 g/mol. The average Bonchev–Trinajstić information content (AvgIpc) is 2.10. The molecule has 0 saturated heterocycles. The zero-order chi connectivity index (χ0) is 9.84. The van der Waals surface area contributed by atoms with Crippen LogP contribution in [-0.4, -0.2) is 0 Å². The molecule has 1 rings (SSSR count). The molecule has 0 aliphatic rings. The molecule has 1 aromatic rings. The number of halogens is 1. The van der Waals surface area contributed by atoms with E-state index in [0.717, 1.165) is 10.0 Å². The molecule has 0 spiro atoms. The molecule has 68 valence electrons. The lowest BCUT2D eigenvalue weighted by Gasteiger charge is -2.09. The second-order valence-corrected chi connectivity index (χ2v) is 3.83. The number of nitriles is 1. The summed E-state index contributed by atoms with van der Waals surface area (Å²) in [6, 6.07) is 7.81. The van der Waals surface area contributed by atoms with Crippen molar-refractivity contribution in [2.45, 2.75) is 19.4 Å². The predicted molar refractivity (Wildman–Crippen MR) is 56.0 cm³/mol. The van der Waals surface area contributed by atoms with Gasteiger partial charge in [-0.2, -0.15) is 5.26 Å². The molecule has 2 N–H and O–H groups in total. The van der Waals surface area contributed by atoms with Crippen LogP contribution < -0.4 is 5.73 Å². The van der Waals surface area contributed by atoms with Crippen LogP contribution >= 0.6 is 15.9 Å². The lowest BCUT2D eigenvalue weighted by atomic mass is 10.0. The van der Waals surface area contributed by atoms with Crippen molar-refractivity contribution in [1.82, 2.24) is 0 Å². The highest BCUT2D eigenvalue weighted by atomic mass is 79.9. The second-order valence-electron chi connectivity index (χ2n) is 2.98. The highest BCUT2D eigenvalue weighted by Crippen LogP contribution is 2.21. The SMILES string of the molecule is Cc1ccc([C@H](N)CC#N)cc1Br. The van der Waals surface area contributed by atoms with E-state index in [4.69, 9.17) is 11.0 Å². The Balaban J connectivity index is 2.91. The third-order valence-electron chi connectivity index (χ3n) is 1.94. The van der Waals surface area contributed by atoms with E-state index in [9.17, 15) is 0 Å². The van der Waals surface area contributed by atoms with Crippen molar-refractivity contribution in [2.24, 2.45) is 5.73 Å². The summed E-state index contributed by atoms with van der Waals surface area (Å²) in [4.78, 5) is 0. The smallest absolute Gasteiger partial charge is 0.0641 e. The Hall–Kier alpha value is -0.850. The molecule has 0 unspecified atom stereocenters. The Morgan fingerprint density at radius 3 is 2.85 bits per heavy atom. The fraction of sp³-hybridized carbons (Fsp3) is 0.300. The minimum atomic E-state index is -0.179. The molecular weight excluding hydrogens is 228 g/mol. The van der Waals surface area contributed by atoms with Gasteiger partial charge in [0.1, 0.15) is 0 Å². The first kappa shape index (κ1) is 10.2. The molecule has 0 heterocycles. The first-order chi connectivity index (χ1) is 6.15. The first-order valence-corrected chi connectivity index (χ1v) is 4.83. The Morgan fingerprint density at radius 1 is 1.62 bits per heavy atom. The van der Waals surface area contributed by atoms with Gasteiger partial charge in [-0.3, -0.25) is 0 Å². The monoisotopic (exact) mass is 238 g/mol. The number of nitrogens with zero attached hydrogens (tertiary/aromatic N) is 1. The van der Waals surface area contributed by atoms with Gasteiger partial charge >= 0.3 is 0 Å². The predicted octanol–water partition coefficient (Wildman–Crippen LogP) is 2.67. The van der Waals surface area contributed by atoms with Gasteiger partial charge in [-0.15, -0.1) is 0 Å². The number of hydrogen-bond acceptors (Lipinski definition) is 2. The first-order valence-electron chi connectivity index (χ1n) is 4.03. The van der Waals surface area contributed by atoms with Crippen LogP contribution in [0.1, 0.15) is 23.6 Å². The molecule has 0 aliphatic carbocycles. The van der Waals surface area contributed by atoms with Crippen LogP contribution in [0.15, 0.2) is 22.7 Å². The van der Waals surface area contributed by atoms with Crippen LogP contribution in [0.3, 0.4) is 0 Å². The lowest BCUT2D eigenvalue weighted by molar-refractivity contribution is 0.747. The van der Waals surface area contributed by atoms with Crippen LogP contribution in [0.4, 0.5) is 0 Å². The van der Waals surface area contributed by atoms with Gasteiger partial charge < -0.3 is 5.73 Å². The Labute approximate surface area is 86.5 Å². The molecule has 0 radical (unpaired) electrons. The Kier molecular flexibility index (Phi) is 3.47. The zero-order valence-corrected chi connectivity index (χ0v) is 9.01. The van der Waals surface area contributed by atoms with Crippen molar-refractivity contribution in [3.8, 4) is 6.07 Å². The summed E-state index contributed by atoms with van der Waals surface area (Å²) in [5.41, 5.74) is 7.95. The van der Waals surface area contributed by atoms with Crippen molar-refractivity contribution in [3.63, 3.8) is 0 Å². The third kappa shape index (κ3) is 2.55. The molecule has 0 saturated carbocycles. The summed E-state index contributed by atoms with van der Waals surface area (Å²) in [7, 11) is 0. The van der Waals surface area contributed by atoms with Gasteiger partial charge in [0.2, 0.25) is 0 Å². The Bertz CT molecular complexity index is 341. The normalized spacial score (nSPS) is 12.2. The van der Waals surface area contributed by atoms with Crippen molar-refractivity contribution >= 4 is 15.9 Å². The number of rotatable bonds is 2. The largest absolute Gasteiger partial charge is 0.323 e. The number of aryl methyl sites for hydroxylation is 1. The molecule has 0 bridgehead atoms. The standard InChI is InChI=1S/C10H11BrN2/c1-7-2-3-8(6-9(7)11)10(13)4-5-12/h2-3,6,10H,4,13H2,1H3/t10-/m1/s1. The molecular formula is C10H11BrN2. The summed E-state index contributed by atoms with van der Waals surface area (Å²) in [6.45, 7) is 2.02. The molecule has 0 aromatic heterocycles. The van der Waals surface area contributed by atoms with Gasteiger partial charge in [-0.1, -0.05) is 28.1 Å². The van der Waals surface area contributed by atoms with Crippen LogP contribution in [0.25, 0.3) is 0 Å². The molecule has 1 aromatic carbocycles. The Morgan fingerprint density at radius 2 is 2.31 bits per heavy atom. The van der Waals surface area contributed by atoms with Crippen molar-refractivity contribution < 1.29 is 0 Å². The molecule has 2 nitrogen and oxygen atoms in total. The quantitative estimate of drug-likeness (QED) is 0.862. The molecule has 0 fully saturated rings. The molecule has 0 amide bonds. The fourth-order valence-electron chi connectivity index (χ4n) is 1.06. The third-order valence-corrected chi connectivity index (χ3v) is 2.79. The molecule has 13 heavy (non-hydrogen) atoms. The summed E-state index contributed by atoms with van der Waals surface area (Å²) in [6.07, 6.45) is 0.357.